The highest BCUT2D eigenvalue weighted by atomic mass is 19.1. The van der Waals surface area contributed by atoms with Crippen LogP contribution in [-0.2, 0) is 0 Å². The zero-order valence-corrected chi connectivity index (χ0v) is 8.51. The highest BCUT2D eigenvalue weighted by molar-refractivity contribution is 5.24. The van der Waals surface area contributed by atoms with Crippen LogP contribution in [0.2, 0.25) is 0 Å². The fourth-order valence-electron chi connectivity index (χ4n) is 2.02. The summed E-state index contributed by atoms with van der Waals surface area (Å²) < 4.78 is 12.8. The number of aliphatic hydroxyl groups is 2. The van der Waals surface area contributed by atoms with Crippen LogP contribution < -0.4 is 0 Å². The van der Waals surface area contributed by atoms with E-state index in [2.05, 4.69) is 0 Å². The second-order valence-electron chi connectivity index (χ2n) is 4.09. The number of nitrogens with zero attached hydrogens (tertiary/aromatic N) is 1. The van der Waals surface area contributed by atoms with Crippen LogP contribution >= 0.6 is 0 Å². The minimum absolute atomic E-state index is 0.365. The first-order valence-electron chi connectivity index (χ1n) is 5.32. The number of piperidine rings is 1. The van der Waals surface area contributed by atoms with Crippen molar-refractivity contribution in [3.05, 3.63) is 23.9 Å². The van der Waals surface area contributed by atoms with Gasteiger partial charge in [-0.3, -0.25) is 0 Å². The minimum atomic E-state index is -0.902. The third-order valence-electron chi connectivity index (χ3n) is 2.91. The number of alkyl halides is 1. The van der Waals surface area contributed by atoms with Crippen molar-refractivity contribution in [2.24, 2.45) is 0 Å². The molecule has 2 aliphatic rings. The first-order valence-corrected chi connectivity index (χ1v) is 5.32. The summed E-state index contributed by atoms with van der Waals surface area (Å²) in [6.45, 7) is 0.620. The van der Waals surface area contributed by atoms with Gasteiger partial charge in [-0.15, -0.1) is 0 Å². The van der Waals surface area contributed by atoms with Gasteiger partial charge in [-0.2, -0.15) is 0 Å². The molecule has 3 nitrogen and oxygen atoms in total. The van der Waals surface area contributed by atoms with Crippen molar-refractivity contribution in [3.8, 4) is 0 Å². The van der Waals surface area contributed by atoms with Gasteiger partial charge in [0.15, 0.2) is 0 Å². The Morgan fingerprint density at radius 2 is 2.20 bits per heavy atom. The summed E-state index contributed by atoms with van der Waals surface area (Å²) in [4.78, 5) is 1.81. The van der Waals surface area contributed by atoms with Crippen LogP contribution in [0.1, 0.15) is 19.3 Å². The van der Waals surface area contributed by atoms with E-state index in [1.54, 1.807) is 12.2 Å². The molecule has 4 heteroatoms. The fraction of sp³-hybridized carbons (Fsp3) is 0.636. The molecule has 1 aliphatic carbocycles. The Hall–Kier alpha value is -0.870. The third-order valence-corrected chi connectivity index (χ3v) is 2.91. The van der Waals surface area contributed by atoms with E-state index in [1.807, 2.05) is 4.90 Å². The van der Waals surface area contributed by atoms with Crippen molar-refractivity contribution < 1.29 is 14.6 Å². The van der Waals surface area contributed by atoms with E-state index in [9.17, 15) is 14.6 Å². The Kier molecular flexibility index (Phi) is 3.07. The molecule has 1 fully saturated rings. The molecule has 0 radical (unpaired) electrons. The first kappa shape index (κ1) is 10.6. The van der Waals surface area contributed by atoms with Gasteiger partial charge in [0.1, 0.15) is 12.4 Å². The number of likely N-dealkylation sites (tertiary alicyclic amines) is 1. The molecule has 0 saturated carbocycles. The maximum Gasteiger partial charge on any atom is 0.129 e. The molecule has 15 heavy (non-hydrogen) atoms. The van der Waals surface area contributed by atoms with E-state index < -0.39 is 18.5 Å². The Labute approximate surface area is 88.5 Å². The van der Waals surface area contributed by atoms with Crippen molar-refractivity contribution >= 4 is 0 Å². The zero-order chi connectivity index (χ0) is 10.8. The van der Waals surface area contributed by atoms with Crippen LogP contribution in [0.3, 0.4) is 0 Å². The highest BCUT2D eigenvalue weighted by Gasteiger charge is 2.26. The molecule has 0 aromatic carbocycles. The van der Waals surface area contributed by atoms with Crippen molar-refractivity contribution in [1.29, 1.82) is 0 Å². The van der Waals surface area contributed by atoms with Crippen LogP contribution in [0, 0.1) is 0 Å². The predicted molar refractivity (Wildman–Crippen MR) is 54.7 cm³/mol. The number of allylic oxidation sites excluding steroid dienone is 3. The van der Waals surface area contributed by atoms with Crippen LogP contribution in [0.4, 0.5) is 4.39 Å². The van der Waals surface area contributed by atoms with Gasteiger partial charge in [0, 0.05) is 25.1 Å². The van der Waals surface area contributed by atoms with E-state index in [-0.39, 0.29) is 0 Å². The second-order valence-corrected chi connectivity index (χ2v) is 4.09. The fourth-order valence-corrected chi connectivity index (χ4v) is 2.02. The van der Waals surface area contributed by atoms with Gasteiger partial charge in [-0.1, -0.05) is 6.08 Å². The lowest BCUT2D eigenvalue weighted by atomic mass is 10.0. The molecule has 3 unspecified atom stereocenters. The maximum atomic E-state index is 12.8. The molecule has 0 aromatic heterocycles. The monoisotopic (exact) mass is 213 g/mol. The SMILES string of the molecule is OC1CCN(C2=CCC(F)C=C2)C(O)C1. The Morgan fingerprint density at radius 3 is 2.80 bits per heavy atom. The van der Waals surface area contributed by atoms with Gasteiger partial charge in [-0.25, -0.2) is 4.39 Å². The molecular formula is C11H16FNO2. The summed E-state index contributed by atoms with van der Waals surface area (Å²) in [7, 11) is 0. The molecule has 3 atom stereocenters. The van der Waals surface area contributed by atoms with Crippen molar-refractivity contribution in [2.75, 3.05) is 6.54 Å². The summed E-state index contributed by atoms with van der Waals surface area (Å²) >= 11 is 0. The molecule has 0 bridgehead atoms. The molecule has 1 aliphatic heterocycles. The van der Waals surface area contributed by atoms with Gasteiger partial charge < -0.3 is 15.1 Å². The van der Waals surface area contributed by atoms with Crippen molar-refractivity contribution in [3.63, 3.8) is 0 Å². The van der Waals surface area contributed by atoms with Gasteiger partial charge in [-0.05, 0) is 18.6 Å². The number of rotatable bonds is 1. The topological polar surface area (TPSA) is 43.7 Å². The number of aliphatic hydroxyl groups excluding tert-OH is 2. The van der Waals surface area contributed by atoms with Crippen molar-refractivity contribution in [2.45, 2.75) is 37.8 Å². The lowest BCUT2D eigenvalue weighted by molar-refractivity contribution is -0.0475. The number of halogens is 1. The van der Waals surface area contributed by atoms with E-state index >= 15 is 0 Å². The molecule has 0 aromatic rings. The molecular weight excluding hydrogens is 197 g/mol. The molecule has 2 rings (SSSR count). The number of hydrogen-bond acceptors (Lipinski definition) is 3. The molecule has 1 heterocycles. The zero-order valence-electron chi connectivity index (χ0n) is 8.51. The Bertz CT molecular complexity index is 290. The predicted octanol–water partition coefficient (Wildman–Crippen LogP) is 0.943. The van der Waals surface area contributed by atoms with Crippen LogP contribution in [0.5, 0.6) is 0 Å². The van der Waals surface area contributed by atoms with Crippen LogP contribution in [-0.4, -0.2) is 40.2 Å². The Balaban J connectivity index is 2.02. The minimum Gasteiger partial charge on any atom is -0.393 e. The van der Waals surface area contributed by atoms with Crippen molar-refractivity contribution in [1.82, 2.24) is 4.90 Å². The largest absolute Gasteiger partial charge is 0.393 e. The smallest absolute Gasteiger partial charge is 0.129 e. The van der Waals surface area contributed by atoms with E-state index in [1.165, 1.54) is 6.08 Å². The Morgan fingerprint density at radius 1 is 1.40 bits per heavy atom. The molecule has 0 spiro atoms. The summed E-state index contributed by atoms with van der Waals surface area (Å²) in [6, 6.07) is 0. The third kappa shape index (κ3) is 2.38. The molecule has 1 saturated heterocycles. The number of hydrogen-bond donors (Lipinski definition) is 2. The summed E-state index contributed by atoms with van der Waals surface area (Å²) in [5, 5.41) is 19.1. The van der Waals surface area contributed by atoms with E-state index in [4.69, 9.17) is 0 Å². The maximum absolute atomic E-state index is 12.8. The van der Waals surface area contributed by atoms with E-state index in [0.29, 0.717) is 25.8 Å². The summed E-state index contributed by atoms with van der Waals surface area (Å²) in [5.74, 6) is 0. The average molecular weight is 213 g/mol. The molecule has 2 N–H and O–H groups in total. The summed E-state index contributed by atoms with van der Waals surface area (Å²) in [6.07, 6.45) is 4.43. The highest BCUT2D eigenvalue weighted by Crippen LogP contribution is 2.24. The molecule has 84 valence electrons. The van der Waals surface area contributed by atoms with Crippen LogP contribution in [0.15, 0.2) is 23.9 Å². The average Bonchev–Trinajstić information content (AvgIpc) is 2.20. The molecule has 0 amide bonds. The van der Waals surface area contributed by atoms with Gasteiger partial charge in [0.2, 0.25) is 0 Å². The normalized spacial score (nSPS) is 36.6. The van der Waals surface area contributed by atoms with Gasteiger partial charge in [0.05, 0.1) is 6.10 Å². The standard InChI is InChI=1S/C11H16FNO2/c12-8-1-3-9(4-2-8)13-6-5-10(14)7-11(13)15/h1,3-4,8,10-11,14-15H,2,5-7H2. The lowest BCUT2D eigenvalue weighted by Crippen LogP contribution is -2.43. The van der Waals surface area contributed by atoms with Crippen LogP contribution in [0.25, 0.3) is 0 Å². The second kappa shape index (κ2) is 4.33. The quantitative estimate of drug-likeness (QED) is 0.681. The van der Waals surface area contributed by atoms with Gasteiger partial charge >= 0.3 is 0 Å². The van der Waals surface area contributed by atoms with Gasteiger partial charge in [0.25, 0.3) is 0 Å². The lowest BCUT2D eigenvalue weighted by Gasteiger charge is -2.37. The van der Waals surface area contributed by atoms with E-state index in [0.717, 1.165) is 5.70 Å². The summed E-state index contributed by atoms with van der Waals surface area (Å²) in [5.41, 5.74) is 0.864. The first-order chi connectivity index (χ1) is 7.16.